The smallest absolute Gasteiger partial charge is 0.322 e. The second kappa shape index (κ2) is 6.34. The summed E-state index contributed by atoms with van der Waals surface area (Å²) in [6.45, 7) is 0. The first-order chi connectivity index (χ1) is 11.8. The Bertz CT molecular complexity index is 920. The number of carbonyl (C=O) groups is 1. The van der Waals surface area contributed by atoms with Gasteiger partial charge in [-0.3, -0.25) is 4.79 Å². The highest BCUT2D eigenvalue weighted by molar-refractivity contribution is 6.04. The van der Waals surface area contributed by atoms with E-state index in [9.17, 15) is 18.0 Å². The molecule has 0 saturated carbocycles. The van der Waals surface area contributed by atoms with Gasteiger partial charge in [-0.2, -0.15) is 13.2 Å². The molecule has 3 aromatic rings. The minimum absolute atomic E-state index is 0.0607. The minimum atomic E-state index is -4.47. The molecule has 0 bridgehead atoms. The van der Waals surface area contributed by atoms with E-state index in [-0.39, 0.29) is 11.3 Å². The predicted octanol–water partition coefficient (Wildman–Crippen LogP) is 3.15. The lowest BCUT2D eigenvalue weighted by molar-refractivity contribution is -0.137. The zero-order chi connectivity index (χ0) is 18.0. The molecule has 0 atom stereocenters. The molecule has 0 saturated heterocycles. The Morgan fingerprint density at radius 3 is 2.56 bits per heavy atom. The molecular formula is C16H12F3N5O. The maximum atomic E-state index is 12.7. The number of nitrogens with one attached hydrogen (secondary N) is 1. The summed E-state index contributed by atoms with van der Waals surface area (Å²) in [7, 11) is 1.66. The minimum Gasteiger partial charge on any atom is -0.322 e. The standard InChI is InChI=1S/C16H12F3N5O/c1-24-14(21-22-23-24)10-4-2-5-11(8-10)15(25)20-13-7-3-6-12(9-13)16(17,18)19/h2-9H,1H3,(H,20,25). The maximum absolute atomic E-state index is 12.7. The summed E-state index contributed by atoms with van der Waals surface area (Å²) in [4.78, 5) is 12.3. The van der Waals surface area contributed by atoms with Gasteiger partial charge in [0.1, 0.15) is 0 Å². The fraction of sp³-hybridized carbons (Fsp3) is 0.125. The number of tetrazole rings is 1. The van der Waals surface area contributed by atoms with E-state index in [1.807, 2.05) is 0 Å². The second-order valence-electron chi connectivity index (χ2n) is 5.24. The molecule has 0 aliphatic carbocycles. The van der Waals surface area contributed by atoms with Gasteiger partial charge in [-0.05, 0) is 40.8 Å². The summed E-state index contributed by atoms with van der Waals surface area (Å²) < 4.78 is 39.7. The van der Waals surface area contributed by atoms with Gasteiger partial charge >= 0.3 is 6.18 Å². The number of carbonyl (C=O) groups excluding carboxylic acids is 1. The first kappa shape index (κ1) is 16.6. The molecule has 0 radical (unpaired) electrons. The summed E-state index contributed by atoms with van der Waals surface area (Å²) in [5, 5.41) is 13.6. The van der Waals surface area contributed by atoms with Crippen LogP contribution in [-0.4, -0.2) is 26.1 Å². The fourth-order valence-corrected chi connectivity index (χ4v) is 2.25. The van der Waals surface area contributed by atoms with Crippen molar-refractivity contribution in [3.8, 4) is 11.4 Å². The van der Waals surface area contributed by atoms with E-state index in [0.717, 1.165) is 12.1 Å². The van der Waals surface area contributed by atoms with Gasteiger partial charge in [0.05, 0.1) is 5.56 Å². The van der Waals surface area contributed by atoms with Gasteiger partial charge in [0.25, 0.3) is 5.91 Å². The SMILES string of the molecule is Cn1nnnc1-c1cccc(C(=O)Nc2cccc(C(F)(F)F)c2)c1. The summed E-state index contributed by atoms with van der Waals surface area (Å²) in [6, 6.07) is 10.9. The molecule has 25 heavy (non-hydrogen) atoms. The van der Waals surface area contributed by atoms with Crippen LogP contribution in [0.25, 0.3) is 11.4 Å². The Morgan fingerprint density at radius 1 is 1.12 bits per heavy atom. The van der Waals surface area contributed by atoms with Crippen LogP contribution in [0.5, 0.6) is 0 Å². The molecule has 2 aromatic carbocycles. The molecule has 0 spiro atoms. The zero-order valence-corrected chi connectivity index (χ0v) is 12.9. The molecule has 1 amide bonds. The molecular weight excluding hydrogens is 335 g/mol. The number of aryl methyl sites for hydroxylation is 1. The van der Waals surface area contributed by atoms with Gasteiger partial charge in [0, 0.05) is 23.9 Å². The van der Waals surface area contributed by atoms with E-state index in [0.29, 0.717) is 11.4 Å². The second-order valence-corrected chi connectivity index (χ2v) is 5.24. The number of aromatic nitrogens is 4. The number of hydrogen-bond acceptors (Lipinski definition) is 4. The molecule has 0 aliphatic rings. The topological polar surface area (TPSA) is 72.7 Å². The number of anilines is 1. The average molecular weight is 347 g/mol. The molecule has 3 rings (SSSR count). The van der Waals surface area contributed by atoms with E-state index >= 15 is 0 Å². The fourth-order valence-electron chi connectivity index (χ4n) is 2.25. The lowest BCUT2D eigenvalue weighted by Crippen LogP contribution is -2.13. The summed E-state index contributed by atoms with van der Waals surface area (Å²) in [5.41, 5.74) is 0.122. The summed E-state index contributed by atoms with van der Waals surface area (Å²) >= 11 is 0. The van der Waals surface area contributed by atoms with E-state index in [2.05, 4.69) is 20.8 Å². The van der Waals surface area contributed by atoms with Crippen molar-refractivity contribution in [1.29, 1.82) is 0 Å². The van der Waals surface area contributed by atoms with Crippen molar-refractivity contribution in [2.45, 2.75) is 6.18 Å². The highest BCUT2D eigenvalue weighted by Gasteiger charge is 2.30. The molecule has 0 fully saturated rings. The van der Waals surface area contributed by atoms with Crippen LogP contribution in [0.1, 0.15) is 15.9 Å². The Morgan fingerprint density at radius 2 is 1.88 bits per heavy atom. The van der Waals surface area contributed by atoms with Gasteiger partial charge in [0.2, 0.25) is 0 Å². The molecule has 9 heteroatoms. The van der Waals surface area contributed by atoms with E-state index in [1.165, 1.54) is 16.8 Å². The van der Waals surface area contributed by atoms with E-state index in [4.69, 9.17) is 0 Å². The van der Waals surface area contributed by atoms with Crippen molar-refractivity contribution >= 4 is 11.6 Å². The number of benzene rings is 2. The number of amides is 1. The number of rotatable bonds is 3. The Balaban J connectivity index is 1.84. The Labute approximate surface area is 140 Å². The normalized spacial score (nSPS) is 11.4. The number of hydrogen-bond donors (Lipinski definition) is 1. The third kappa shape index (κ3) is 3.65. The van der Waals surface area contributed by atoms with Crippen molar-refractivity contribution in [3.63, 3.8) is 0 Å². The predicted molar refractivity (Wildman–Crippen MR) is 83.6 cm³/mol. The molecule has 1 aromatic heterocycles. The molecule has 0 unspecified atom stereocenters. The number of halogens is 3. The van der Waals surface area contributed by atoms with Crippen LogP contribution in [0.3, 0.4) is 0 Å². The van der Waals surface area contributed by atoms with Gasteiger partial charge < -0.3 is 5.32 Å². The zero-order valence-electron chi connectivity index (χ0n) is 12.9. The largest absolute Gasteiger partial charge is 0.416 e. The van der Waals surface area contributed by atoms with Crippen LogP contribution in [0.15, 0.2) is 48.5 Å². The van der Waals surface area contributed by atoms with Crippen molar-refractivity contribution in [1.82, 2.24) is 20.2 Å². The van der Waals surface area contributed by atoms with Gasteiger partial charge in [-0.25, -0.2) is 4.68 Å². The molecule has 0 aliphatic heterocycles. The Kier molecular flexibility index (Phi) is 4.22. The highest BCUT2D eigenvalue weighted by Crippen LogP contribution is 2.30. The Hall–Kier alpha value is -3.23. The first-order valence-electron chi connectivity index (χ1n) is 7.16. The summed E-state index contributed by atoms with van der Waals surface area (Å²) in [6.07, 6.45) is -4.47. The lowest BCUT2D eigenvalue weighted by Gasteiger charge is -2.10. The number of alkyl halides is 3. The van der Waals surface area contributed by atoms with Crippen molar-refractivity contribution in [2.24, 2.45) is 7.05 Å². The highest BCUT2D eigenvalue weighted by atomic mass is 19.4. The third-order valence-corrected chi connectivity index (χ3v) is 3.45. The van der Waals surface area contributed by atoms with Crippen molar-refractivity contribution < 1.29 is 18.0 Å². The van der Waals surface area contributed by atoms with Gasteiger partial charge in [-0.15, -0.1) is 5.10 Å². The average Bonchev–Trinajstić information content (AvgIpc) is 3.00. The molecule has 1 N–H and O–H groups in total. The molecule has 1 heterocycles. The van der Waals surface area contributed by atoms with Crippen molar-refractivity contribution in [2.75, 3.05) is 5.32 Å². The molecule has 128 valence electrons. The summed E-state index contributed by atoms with van der Waals surface area (Å²) in [5.74, 6) is -0.0648. The monoisotopic (exact) mass is 347 g/mol. The quantitative estimate of drug-likeness (QED) is 0.790. The van der Waals surface area contributed by atoms with Crippen LogP contribution in [0.2, 0.25) is 0 Å². The number of nitrogens with zero attached hydrogens (tertiary/aromatic N) is 4. The first-order valence-corrected chi connectivity index (χ1v) is 7.16. The van der Waals surface area contributed by atoms with Gasteiger partial charge in [-0.1, -0.05) is 18.2 Å². The van der Waals surface area contributed by atoms with E-state index < -0.39 is 17.6 Å². The van der Waals surface area contributed by atoms with Crippen LogP contribution in [0.4, 0.5) is 18.9 Å². The van der Waals surface area contributed by atoms with Crippen molar-refractivity contribution in [3.05, 3.63) is 59.7 Å². The van der Waals surface area contributed by atoms with Crippen LogP contribution in [0, 0.1) is 0 Å². The third-order valence-electron chi connectivity index (χ3n) is 3.45. The maximum Gasteiger partial charge on any atom is 0.416 e. The van der Waals surface area contributed by atoms with Crippen LogP contribution < -0.4 is 5.32 Å². The van der Waals surface area contributed by atoms with Crippen LogP contribution in [-0.2, 0) is 13.2 Å². The lowest BCUT2D eigenvalue weighted by atomic mass is 10.1. The molecule has 6 nitrogen and oxygen atoms in total. The van der Waals surface area contributed by atoms with Gasteiger partial charge in [0.15, 0.2) is 5.82 Å². The van der Waals surface area contributed by atoms with Crippen LogP contribution >= 0.6 is 0 Å². The van der Waals surface area contributed by atoms with E-state index in [1.54, 1.807) is 31.3 Å².